The van der Waals surface area contributed by atoms with E-state index in [0.717, 1.165) is 12.2 Å². The Morgan fingerprint density at radius 3 is 3.06 bits per heavy atom. The van der Waals surface area contributed by atoms with Gasteiger partial charge in [-0.3, -0.25) is 4.98 Å². The molecule has 1 atom stereocenters. The Morgan fingerprint density at radius 2 is 2.38 bits per heavy atom. The predicted molar refractivity (Wildman–Crippen MR) is 66.3 cm³/mol. The molecule has 0 radical (unpaired) electrons. The number of aromatic nitrogens is 2. The smallest absolute Gasteiger partial charge is 0.0795 e. The Bertz CT molecular complexity index is 439. The Labute approximate surface area is 99.6 Å². The van der Waals surface area contributed by atoms with Crippen molar-refractivity contribution in [2.45, 2.75) is 26.4 Å². The molecular formula is C12H15N3S. The van der Waals surface area contributed by atoms with Gasteiger partial charge < -0.3 is 5.32 Å². The molecule has 2 aromatic rings. The normalized spacial score (nSPS) is 12.6. The molecule has 3 nitrogen and oxygen atoms in total. The molecule has 0 aromatic carbocycles. The third kappa shape index (κ3) is 2.65. The fourth-order valence-electron chi connectivity index (χ4n) is 1.50. The molecule has 84 valence electrons. The minimum Gasteiger partial charge on any atom is -0.305 e. The van der Waals surface area contributed by atoms with Gasteiger partial charge in [-0.1, -0.05) is 0 Å². The first-order chi connectivity index (χ1) is 7.77. The highest BCUT2D eigenvalue weighted by atomic mass is 32.1. The van der Waals surface area contributed by atoms with Crippen LogP contribution in [-0.4, -0.2) is 9.97 Å². The SMILES string of the molecule is Cc1cnccc1CNC(C)c1cscn1. The van der Waals surface area contributed by atoms with Gasteiger partial charge >= 0.3 is 0 Å². The van der Waals surface area contributed by atoms with E-state index in [9.17, 15) is 0 Å². The van der Waals surface area contributed by atoms with Crippen molar-refractivity contribution in [3.8, 4) is 0 Å². The van der Waals surface area contributed by atoms with Gasteiger partial charge in [-0.25, -0.2) is 4.98 Å². The summed E-state index contributed by atoms with van der Waals surface area (Å²) in [4.78, 5) is 8.38. The molecule has 0 fully saturated rings. The molecule has 2 aromatic heterocycles. The molecule has 0 saturated heterocycles. The molecular weight excluding hydrogens is 218 g/mol. The molecule has 0 saturated carbocycles. The number of aryl methyl sites for hydroxylation is 1. The van der Waals surface area contributed by atoms with E-state index in [0.29, 0.717) is 6.04 Å². The summed E-state index contributed by atoms with van der Waals surface area (Å²) in [6.07, 6.45) is 3.72. The third-order valence-corrected chi connectivity index (χ3v) is 3.23. The maximum atomic E-state index is 4.29. The number of thiazole rings is 1. The Kier molecular flexibility index (Phi) is 3.64. The predicted octanol–water partition coefficient (Wildman–Crippen LogP) is 2.70. The van der Waals surface area contributed by atoms with Crippen molar-refractivity contribution in [1.82, 2.24) is 15.3 Å². The fraction of sp³-hybridized carbons (Fsp3) is 0.333. The van der Waals surface area contributed by atoms with Crippen LogP contribution in [0.25, 0.3) is 0 Å². The second kappa shape index (κ2) is 5.18. The summed E-state index contributed by atoms with van der Waals surface area (Å²) in [5.41, 5.74) is 5.49. The van der Waals surface area contributed by atoms with Gasteiger partial charge in [-0.2, -0.15) is 0 Å². The zero-order valence-corrected chi connectivity index (χ0v) is 10.3. The molecule has 2 heterocycles. The van der Waals surface area contributed by atoms with Crippen LogP contribution in [0.1, 0.15) is 29.8 Å². The highest BCUT2D eigenvalue weighted by molar-refractivity contribution is 7.07. The maximum Gasteiger partial charge on any atom is 0.0795 e. The van der Waals surface area contributed by atoms with Crippen molar-refractivity contribution in [2.75, 3.05) is 0 Å². The molecule has 1 N–H and O–H groups in total. The van der Waals surface area contributed by atoms with E-state index in [4.69, 9.17) is 0 Å². The highest BCUT2D eigenvalue weighted by Gasteiger charge is 2.06. The first-order valence-electron chi connectivity index (χ1n) is 5.28. The van der Waals surface area contributed by atoms with Crippen LogP contribution in [0.15, 0.2) is 29.4 Å². The lowest BCUT2D eigenvalue weighted by atomic mass is 10.1. The molecule has 0 aliphatic rings. The first-order valence-corrected chi connectivity index (χ1v) is 6.22. The summed E-state index contributed by atoms with van der Waals surface area (Å²) in [6, 6.07) is 2.34. The largest absolute Gasteiger partial charge is 0.305 e. The summed E-state index contributed by atoms with van der Waals surface area (Å²) >= 11 is 1.63. The zero-order valence-electron chi connectivity index (χ0n) is 9.47. The van der Waals surface area contributed by atoms with E-state index in [1.165, 1.54) is 11.1 Å². The van der Waals surface area contributed by atoms with Gasteiger partial charge in [0.05, 0.1) is 11.2 Å². The summed E-state index contributed by atoms with van der Waals surface area (Å²) < 4.78 is 0. The Balaban J connectivity index is 1.95. The number of rotatable bonds is 4. The van der Waals surface area contributed by atoms with Crippen LogP contribution < -0.4 is 5.32 Å². The van der Waals surface area contributed by atoms with Gasteiger partial charge in [0.25, 0.3) is 0 Å². The molecule has 0 aliphatic heterocycles. The molecule has 2 rings (SSSR count). The fourth-order valence-corrected chi connectivity index (χ4v) is 2.15. The van der Waals surface area contributed by atoms with E-state index in [1.54, 1.807) is 11.3 Å². The average Bonchev–Trinajstić information content (AvgIpc) is 2.81. The quantitative estimate of drug-likeness (QED) is 0.882. The highest BCUT2D eigenvalue weighted by Crippen LogP contribution is 2.13. The van der Waals surface area contributed by atoms with Crippen molar-refractivity contribution < 1.29 is 0 Å². The van der Waals surface area contributed by atoms with Gasteiger partial charge in [0, 0.05) is 30.4 Å². The van der Waals surface area contributed by atoms with E-state index >= 15 is 0 Å². The molecule has 1 unspecified atom stereocenters. The van der Waals surface area contributed by atoms with Gasteiger partial charge in [-0.15, -0.1) is 11.3 Å². The Morgan fingerprint density at radius 1 is 1.50 bits per heavy atom. The molecule has 16 heavy (non-hydrogen) atoms. The lowest BCUT2D eigenvalue weighted by Gasteiger charge is -2.12. The van der Waals surface area contributed by atoms with Crippen LogP contribution in [0.4, 0.5) is 0 Å². The lowest BCUT2D eigenvalue weighted by Crippen LogP contribution is -2.18. The number of nitrogens with zero attached hydrogens (tertiary/aromatic N) is 2. The minimum absolute atomic E-state index is 0.291. The van der Waals surface area contributed by atoms with E-state index in [-0.39, 0.29) is 0 Å². The van der Waals surface area contributed by atoms with Crippen LogP contribution in [0.5, 0.6) is 0 Å². The van der Waals surface area contributed by atoms with Gasteiger partial charge in [0.2, 0.25) is 0 Å². The Hall–Kier alpha value is -1.26. The van der Waals surface area contributed by atoms with E-state index in [2.05, 4.69) is 40.6 Å². The molecule has 0 amide bonds. The van der Waals surface area contributed by atoms with Gasteiger partial charge in [0.15, 0.2) is 0 Å². The summed E-state index contributed by atoms with van der Waals surface area (Å²) in [5.74, 6) is 0. The number of hydrogen-bond donors (Lipinski definition) is 1. The summed E-state index contributed by atoms with van der Waals surface area (Å²) in [5, 5.41) is 5.54. The minimum atomic E-state index is 0.291. The number of nitrogens with one attached hydrogen (secondary N) is 1. The third-order valence-electron chi connectivity index (χ3n) is 2.63. The van der Waals surface area contributed by atoms with Crippen molar-refractivity contribution in [1.29, 1.82) is 0 Å². The van der Waals surface area contributed by atoms with Gasteiger partial charge in [-0.05, 0) is 31.0 Å². The van der Waals surface area contributed by atoms with Crippen LogP contribution in [0, 0.1) is 6.92 Å². The van der Waals surface area contributed by atoms with Crippen LogP contribution in [0.2, 0.25) is 0 Å². The average molecular weight is 233 g/mol. The van der Waals surface area contributed by atoms with E-state index < -0.39 is 0 Å². The topological polar surface area (TPSA) is 37.8 Å². The van der Waals surface area contributed by atoms with Gasteiger partial charge in [0.1, 0.15) is 0 Å². The van der Waals surface area contributed by atoms with Crippen molar-refractivity contribution in [3.63, 3.8) is 0 Å². The standard InChI is InChI=1S/C12H15N3S/c1-9-5-13-4-3-11(9)6-14-10(2)12-7-16-8-15-12/h3-5,7-8,10,14H,6H2,1-2H3. The van der Waals surface area contributed by atoms with Crippen molar-refractivity contribution in [2.24, 2.45) is 0 Å². The van der Waals surface area contributed by atoms with E-state index in [1.807, 2.05) is 17.9 Å². The molecule has 0 aliphatic carbocycles. The monoisotopic (exact) mass is 233 g/mol. The van der Waals surface area contributed by atoms with Crippen LogP contribution in [0.3, 0.4) is 0 Å². The summed E-state index contributed by atoms with van der Waals surface area (Å²) in [7, 11) is 0. The first kappa shape index (κ1) is 11.2. The lowest BCUT2D eigenvalue weighted by molar-refractivity contribution is 0.562. The maximum absolute atomic E-state index is 4.29. The van der Waals surface area contributed by atoms with Crippen LogP contribution in [-0.2, 0) is 6.54 Å². The van der Waals surface area contributed by atoms with Crippen molar-refractivity contribution in [3.05, 3.63) is 46.2 Å². The zero-order chi connectivity index (χ0) is 11.4. The number of hydrogen-bond acceptors (Lipinski definition) is 4. The van der Waals surface area contributed by atoms with Crippen molar-refractivity contribution >= 4 is 11.3 Å². The second-order valence-corrected chi connectivity index (χ2v) is 4.54. The second-order valence-electron chi connectivity index (χ2n) is 3.82. The van der Waals surface area contributed by atoms with Crippen LogP contribution >= 0.6 is 11.3 Å². The number of pyridine rings is 1. The molecule has 4 heteroatoms. The molecule has 0 bridgehead atoms. The summed E-state index contributed by atoms with van der Waals surface area (Å²) in [6.45, 7) is 5.07. The molecule has 0 spiro atoms.